The second kappa shape index (κ2) is 5.90. The van der Waals surface area contributed by atoms with Crippen molar-refractivity contribution in [3.63, 3.8) is 0 Å². The van der Waals surface area contributed by atoms with Crippen molar-refractivity contribution in [2.45, 2.75) is 53.0 Å². The lowest BCUT2D eigenvalue weighted by Gasteiger charge is -2.45. The van der Waals surface area contributed by atoms with Crippen molar-refractivity contribution in [2.24, 2.45) is 16.6 Å². The molecular weight excluding hydrogens is 242 g/mol. The first-order chi connectivity index (χ1) is 8.65. The molecule has 1 aliphatic carbocycles. The van der Waals surface area contributed by atoms with Crippen LogP contribution in [0.5, 0.6) is 0 Å². The highest BCUT2D eigenvalue weighted by Crippen LogP contribution is 2.45. The topological polar surface area (TPSA) is 84.2 Å². The molecule has 0 atom stereocenters. The number of carbonyl (C=O) groups is 2. The van der Waals surface area contributed by atoms with Crippen LogP contribution in [0.15, 0.2) is 0 Å². The van der Waals surface area contributed by atoms with Crippen molar-refractivity contribution in [3.05, 3.63) is 0 Å². The fourth-order valence-corrected chi connectivity index (χ4v) is 3.47. The van der Waals surface area contributed by atoms with Crippen molar-refractivity contribution >= 4 is 11.8 Å². The summed E-state index contributed by atoms with van der Waals surface area (Å²) >= 11 is 0. The van der Waals surface area contributed by atoms with Crippen molar-refractivity contribution in [1.82, 2.24) is 10.6 Å². The standard InChI is InChI=1S/C14H27N3O2/c1-13(2)7-10(8-14(3,4)9-13)17-12(19)11(18)16-6-5-15/h10H,5-9,15H2,1-4H3,(H,16,18)(H,17,19). The Morgan fingerprint density at radius 2 is 1.63 bits per heavy atom. The van der Waals surface area contributed by atoms with E-state index >= 15 is 0 Å². The second-order valence-corrected chi connectivity index (χ2v) is 7.13. The summed E-state index contributed by atoms with van der Waals surface area (Å²) in [5, 5.41) is 5.33. The summed E-state index contributed by atoms with van der Waals surface area (Å²) < 4.78 is 0. The molecule has 0 heterocycles. The Bertz CT molecular complexity index is 335. The molecule has 1 saturated carbocycles. The van der Waals surface area contributed by atoms with E-state index in [-0.39, 0.29) is 16.9 Å². The number of nitrogens with two attached hydrogens (primary N) is 1. The van der Waals surface area contributed by atoms with Gasteiger partial charge in [-0.2, -0.15) is 0 Å². The molecule has 0 aliphatic heterocycles. The number of hydrogen-bond donors (Lipinski definition) is 3. The van der Waals surface area contributed by atoms with Crippen molar-refractivity contribution in [3.8, 4) is 0 Å². The van der Waals surface area contributed by atoms with Crippen LogP contribution < -0.4 is 16.4 Å². The molecule has 19 heavy (non-hydrogen) atoms. The fourth-order valence-electron chi connectivity index (χ4n) is 3.47. The molecule has 0 bridgehead atoms. The van der Waals surface area contributed by atoms with E-state index in [0.29, 0.717) is 13.1 Å². The van der Waals surface area contributed by atoms with E-state index in [1.54, 1.807) is 0 Å². The zero-order valence-corrected chi connectivity index (χ0v) is 12.5. The molecule has 4 N–H and O–H groups in total. The molecule has 2 amide bonds. The van der Waals surface area contributed by atoms with Gasteiger partial charge in [-0.25, -0.2) is 0 Å². The van der Waals surface area contributed by atoms with Gasteiger partial charge in [-0.15, -0.1) is 0 Å². The van der Waals surface area contributed by atoms with Gasteiger partial charge in [-0.1, -0.05) is 27.7 Å². The lowest BCUT2D eigenvalue weighted by molar-refractivity contribution is -0.140. The van der Waals surface area contributed by atoms with E-state index < -0.39 is 11.8 Å². The Hall–Kier alpha value is -1.10. The van der Waals surface area contributed by atoms with Crippen molar-refractivity contribution in [1.29, 1.82) is 0 Å². The SMILES string of the molecule is CC1(C)CC(NC(=O)C(=O)NCCN)CC(C)(C)C1. The quantitative estimate of drug-likeness (QED) is 0.662. The van der Waals surface area contributed by atoms with Gasteiger partial charge in [-0.3, -0.25) is 9.59 Å². The van der Waals surface area contributed by atoms with Crippen LogP contribution in [0.2, 0.25) is 0 Å². The first-order valence-corrected chi connectivity index (χ1v) is 6.94. The maximum Gasteiger partial charge on any atom is 0.309 e. The first-order valence-electron chi connectivity index (χ1n) is 6.94. The lowest BCUT2D eigenvalue weighted by atomic mass is 9.63. The molecule has 0 saturated heterocycles. The third-order valence-corrected chi connectivity index (χ3v) is 3.53. The van der Waals surface area contributed by atoms with Crippen LogP contribution in [0.1, 0.15) is 47.0 Å². The van der Waals surface area contributed by atoms with Gasteiger partial charge < -0.3 is 16.4 Å². The summed E-state index contributed by atoms with van der Waals surface area (Å²) in [4.78, 5) is 23.3. The van der Waals surface area contributed by atoms with E-state index in [4.69, 9.17) is 5.73 Å². The minimum Gasteiger partial charge on any atom is -0.347 e. The molecule has 0 radical (unpaired) electrons. The second-order valence-electron chi connectivity index (χ2n) is 7.13. The third-order valence-electron chi connectivity index (χ3n) is 3.53. The summed E-state index contributed by atoms with van der Waals surface area (Å²) in [5.41, 5.74) is 5.66. The van der Waals surface area contributed by atoms with E-state index in [1.165, 1.54) is 0 Å². The summed E-state index contributed by atoms with van der Waals surface area (Å²) in [6.45, 7) is 9.50. The predicted molar refractivity (Wildman–Crippen MR) is 75.4 cm³/mol. The van der Waals surface area contributed by atoms with Gasteiger partial charge in [0.05, 0.1) is 0 Å². The zero-order chi connectivity index (χ0) is 14.7. The number of carbonyl (C=O) groups excluding carboxylic acids is 2. The monoisotopic (exact) mass is 269 g/mol. The first kappa shape index (κ1) is 16.0. The van der Waals surface area contributed by atoms with E-state index in [2.05, 4.69) is 38.3 Å². The highest BCUT2D eigenvalue weighted by Gasteiger charge is 2.39. The molecular formula is C14H27N3O2. The third kappa shape index (κ3) is 5.19. The van der Waals surface area contributed by atoms with Gasteiger partial charge in [0.25, 0.3) is 0 Å². The Balaban J connectivity index is 2.56. The zero-order valence-electron chi connectivity index (χ0n) is 12.5. The van der Waals surface area contributed by atoms with Crippen LogP contribution in [0, 0.1) is 10.8 Å². The van der Waals surface area contributed by atoms with Gasteiger partial charge in [0.15, 0.2) is 0 Å². The molecule has 0 aromatic rings. The number of amides is 2. The molecule has 0 aromatic heterocycles. The number of hydrogen-bond acceptors (Lipinski definition) is 3. The minimum atomic E-state index is -0.591. The van der Waals surface area contributed by atoms with Crippen LogP contribution in [-0.4, -0.2) is 30.9 Å². The molecule has 5 heteroatoms. The Labute approximate surface area is 115 Å². The molecule has 1 rings (SSSR count). The summed E-state index contributed by atoms with van der Waals surface area (Å²) in [6.07, 6.45) is 2.95. The average Bonchev–Trinajstić information content (AvgIpc) is 2.20. The smallest absolute Gasteiger partial charge is 0.309 e. The summed E-state index contributed by atoms with van der Waals surface area (Å²) in [6, 6.07) is 0.0647. The van der Waals surface area contributed by atoms with Crippen LogP contribution in [0.25, 0.3) is 0 Å². The van der Waals surface area contributed by atoms with Crippen LogP contribution in [0.4, 0.5) is 0 Å². The van der Waals surface area contributed by atoms with Gasteiger partial charge >= 0.3 is 11.8 Å². The van der Waals surface area contributed by atoms with Gasteiger partial charge in [0.1, 0.15) is 0 Å². The molecule has 0 aromatic carbocycles. The maximum atomic E-state index is 11.8. The van der Waals surface area contributed by atoms with Crippen LogP contribution in [-0.2, 0) is 9.59 Å². The Morgan fingerprint density at radius 3 is 2.11 bits per heavy atom. The van der Waals surface area contributed by atoms with E-state index in [9.17, 15) is 9.59 Å². The van der Waals surface area contributed by atoms with Gasteiger partial charge in [0.2, 0.25) is 0 Å². The molecule has 0 unspecified atom stereocenters. The Kier molecular flexibility index (Phi) is 4.96. The van der Waals surface area contributed by atoms with Crippen molar-refractivity contribution in [2.75, 3.05) is 13.1 Å². The summed E-state index contributed by atoms with van der Waals surface area (Å²) in [5.74, 6) is -1.14. The molecule has 5 nitrogen and oxygen atoms in total. The van der Waals surface area contributed by atoms with E-state index in [0.717, 1.165) is 19.3 Å². The largest absolute Gasteiger partial charge is 0.347 e. The summed E-state index contributed by atoms with van der Waals surface area (Å²) in [7, 11) is 0. The average molecular weight is 269 g/mol. The maximum absolute atomic E-state index is 11.8. The highest BCUT2D eigenvalue weighted by molar-refractivity contribution is 6.35. The predicted octanol–water partition coefficient (Wildman–Crippen LogP) is 0.782. The number of nitrogens with one attached hydrogen (secondary N) is 2. The highest BCUT2D eigenvalue weighted by atomic mass is 16.2. The van der Waals surface area contributed by atoms with Gasteiger partial charge in [-0.05, 0) is 30.1 Å². The molecule has 0 spiro atoms. The molecule has 1 fully saturated rings. The number of rotatable bonds is 3. The van der Waals surface area contributed by atoms with Crippen LogP contribution in [0.3, 0.4) is 0 Å². The molecule has 110 valence electrons. The van der Waals surface area contributed by atoms with Gasteiger partial charge in [0, 0.05) is 19.1 Å². The fraction of sp³-hybridized carbons (Fsp3) is 0.857. The van der Waals surface area contributed by atoms with E-state index in [1.807, 2.05) is 0 Å². The van der Waals surface area contributed by atoms with Crippen molar-refractivity contribution < 1.29 is 9.59 Å². The minimum absolute atomic E-state index is 0.0647. The Morgan fingerprint density at radius 1 is 1.11 bits per heavy atom. The molecule has 1 aliphatic rings. The normalized spacial score (nSPS) is 21.7. The van der Waals surface area contributed by atoms with Crippen LogP contribution >= 0.6 is 0 Å². The lowest BCUT2D eigenvalue weighted by Crippen LogP contribution is -2.50.